The maximum atomic E-state index is 13.5. The third-order valence-corrected chi connectivity index (χ3v) is 3.56. The molecule has 2 aromatic carbocycles. The number of hydrogen-bond acceptors (Lipinski definition) is 3. The van der Waals surface area contributed by atoms with E-state index >= 15 is 0 Å². The minimum Gasteiger partial charge on any atom is -0.321 e. The average molecular weight is 265 g/mol. The van der Waals surface area contributed by atoms with Gasteiger partial charge >= 0.3 is 0 Å². The zero-order valence-corrected chi connectivity index (χ0v) is 10.8. The van der Waals surface area contributed by atoms with Gasteiger partial charge in [-0.2, -0.15) is 0 Å². The average Bonchev–Trinajstić information content (AvgIpc) is 2.97. The smallest absolute Gasteiger partial charge is 0.155 e. The molecule has 0 radical (unpaired) electrons. The van der Waals surface area contributed by atoms with Gasteiger partial charge in [-0.05, 0) is 18.2 Å². The molecule has 20 heavy (non-hydrogen) atoms. The molecule has 4 rings (SSSR count). The van der Waals surface area contributed by atoms with Gasteiger partial charge < -0.3 is 4.90 Å². The lowest BCUT2D eigenvalue weighted by Crippen LogP contribution is -2.36. The van der Waals surface area contributed by atoms with E-state index in [-0.39, 0.29) is 5.82 Å². The Balaban J connectivity index is 1.93. The number of anilines is 1. The monoisotopic (exact) mass is 265 g/mol. The van der Waals surface area contributed by atoms with Gasteiger partial charge in [0.05, 0.1) is 17.9 Å². The highest BCUT2D eigenvalue weighted by atomic mass is 19.1. The molecule has 0 aromatic heterocycles. The van der Waals surface area contributed by atoms with Gasteiger partial charge in [-0.25, -0.2) is 9.38 Å². The molecule has 0 amide bonds. The van der Waals surface area contributed by atoms with Crippen LogP contribution in [0, 0.1) is 5.82 Å². The van der Waals surface area contributed by atoms with Crippen LogP contribution in [-0.2, 0) is 0 Å². The fourth-order valence-electron chi connectivity index (χ4n) is 2.65. The Bertz CT molecular complexity index is 735. The lowest BCUT2D eigenvalue weighted by Gasteiger charge is -2.27. The zero-order chi connectivity index (χ0) is 13.5. The zero-order valence-electron chi connectivity index (χ0n) is 10.8. The molecule has 0 aliphatic carbocycles. The van der Waals surface area contributed by atoms with Crippen molar-refractivity contribution in [3.63, 3.8) is 0 Å². The topological polar surface area (TPSA) is 28.0 Å². The van der Waals surface area contributed by atoms with E-state index in [2.05, 4.69) is 9.98 Å². The van der Waals surface area contributed by atoms with Crippen molar-refractivity contribution in [2.45, 2.75) is 0 Å². The van der Waals surface area contributed by atoms with Gasteiger partial charge in [0, 0.05) is 12.1 Å². The van der Waals surface area contributed by atoms with Gasteiger partial charge in [0.25, 0.3) is 0 Å². The third-order valence-electron chi connectivity index (χ3n) is 3.56. The van der Waals surface area contributed by atoms with Crippen LogP contribution in [0.15, 0.2) is 58.5 Å². The molecule has 2 heterocycles. The number of halogens is 1. The number of hydrogen-bond donors (Lipinski definition) is 0. The number of amidine groups is 1. The fraction of sp³-hybridized carbons (Fsp3) is 0.125. The summed E-state index contributed by atoms with van der Waals surface area (Å²) in [5.41, 5.74) is 3.50. The number of nitrogens with zero attached hydrogens (tertiary/aromatic N) is 3. The Morgan fingerprint density at radius 2 is 1.90 bits per heavy atom. The summed E-state index contributed by atoms with van der Waals surface area (Å²) in [5, 5.41) is 0. The van der Waals surface area contributed by atoms with E-state index in [4.69, 9.17) is 0 Å². The summed E-state index contributed by atoms with van der Waals surface area (Å²) in [6, 6.07) is 14.7. The first kappa shape index (κ1) is 11.3. The van der Waals surface area contributed by atoms with Crippen LogP contribution in [0.1, 0.15) is 5.56 Å². The Morgan fingerprint density at radius 3 is 2.75 bits per heavy atom. The predicted molar refractivity (Wildman–Crippen MR) is 78.7 cm³/mol. The molecule has 2 aliphatic heterocycles. The van der Waals surface area contributed by atoms with Gasteiger partial charge in [0.1, 0.15) is 11.5 Å². The van der Waals surface area contributed by atoms with Crippen molar-refractivity contribution >= 4 is 22.9 Å². The van der Waals surface area contributed by atoms with Crippen LogP contribution in [0.3, 0.4) is 0 Å². The summed E-state index contributed by atoms with van der Waals surface area (Å²) in [6.45, 7) is 1.49. The van der Waals surface area contributed by atoms with Gasteiger partial charge in [0.15, 0.2) is 5.84 Å². The minimum atomic E-state index is -0.242. The maximum Gasteiger partial charge on any atom is 0.155 e. The van der Waals surface area contributed by atoms with Crippen molar-refractivity contribution in [3.05, 3.63) is 59.9 Å². The molecule has 0 unspecified atom stereocenters. The van der Waals surface area contributed by atoms with Crippen LogP contribution < -0.4 is 4.90 Å². The Kier molecular flexibility index (Phi) is 2.42. The molecule has 0 spiro atoms. The summed E-state index contributed by atoms with van der Waals surface area (Å²) in [7, 11) is 0. The highest BCUT2D eigenvalue weighted by Gasteiger charge is 2.30. The Morgan fingerprint density at radius 1 is 1.05 bits per heavy atom. The summed E-state index contributed by atoms with van der Waals surface area (Å²) >= 11 is 0. The summed E-state index contributed by atoms with van der Waals surface area (Å²) in [5.74, 6) is 0.600. The Labute approximate surface area is 116 Å². The molecule has 4 heteroatoms. The Hall–Kier alpha value is -2.49. The van der Waals surface area contributed by atoms with Crippen molar-refractivity contribution in [1.29, 1.82) is 0 Å². The van der Waals surface area contributed by atoms with Gasteiger partial charge in [0.2, 0.25) is 0 Å². The molecule has 2 aromatic rings. The molecular weight excluding hydrogens is 253 g/mol. The van der Waals surface area contributed by atoms with E-state index in [1.807, 2.05) is 35.2 Å². The second kappa shape index (κ2) is 4.27. The first-order chi connectivity index (χ1) is 9.83. The molecular formula is C16H12FN3. The summed E-state index contributed by atoms with van der Waals surface area (Å²) < 4.78 is 13.5. The minimum absolute atomic E-state index is 0.242. The summed E-state index contributed by atoms with van der Waals surface area (Å²) in [4.78, 5) is 11.3. The molecule has 98 valence electrons. The second-order valence-corrected chi connectivity index (χ2v) is 4.82. The number of fused-ring (bicyclic) bond motifs is 3. The molecule has 2 aliphatic rings. The van der Waals surface area contributed by atoms with Crippen LogP contribution in [0.25, 0.3) is 0 Å². The molecule has 0 N–H and O–H groups in total. The normalized spacial score (nSPS) is 16.4. The number of benzene rings is 2. The summed E-state index contributed by atoms with van der Waals surface area (Å²) in [6.07, 6.45) is 0. The maximum absolute atomic E-state index is 13.5. The number of rotatable bonds is 1. The van der Waals surface area contributed by atoms with Crippen LogP contribution in [0.4, 0.5) is 15.8 Å². The predicted octanol–water partition coefficient (Wildman–Crippen LogP) is 3.18. The first-order valence-corrected chi connectivity index (χ1v) is 6.59. The standard InChI is InChI=1S/C16H12FN3/c17-12-6-7-13-14(10-12)20-9-8-18-16(20)15(19-13)11-4-2-1-3-5-11/h1-7,10H,8-9H2. The molecule has 0 saturated carbocycles. The van der Waals surface area contributed by atoms with Crippen molar-refractivity contribution in [1.82, 2.24) is 0 Å². The largest absolute Gasteiger partial charge is 0.321 e. The molecule has 0 saturated heterocycles. The van der Waals surface area contributed by atoms with Crippen molar-refractivity contribution in [3.8, 4) is 0 Å². The van der Waals surface area contributed by atoms with Crippen LogP contribution in [0.5, 0.6) is 0 Å². The highest BCUT2D eigenvalue weighted by molar-refractivity contribution is 6.53. The van der Waals surface area contributed by atoms with Crippen LogP contribution >= 0.6 is 0 Å². The van der Waals surface area contributed by atoms with E-state index in [1.165, 1.54) is 12.1 Å². The lowest BCUT2D eigenvalue weighted by molar-refractivity contribution is 0.628. The fourth-order valence-corrected chi connectivity index (χ4v) is 2.65. The third kappa shape index (κ3) is 1.65. The first-order valence-electron chi connectivity index (χ1n) is 6.59. The van der Waals surface area contributed by atoms with E-state index in [0.29, 0.717) is 0 Å². The van der Waals surface area contributed by atoms with Gasteiger partial charge in [-0.15, -0.1) is 0 Å². The van der Waals surface area contributed by atoms with Crippen molar-refractivity contribution < 1.29 is 4.39 Å². The lowest BCUT2D eigenvalue weighted by atomic mass is 10.1. The van der Waals surface area contributed by atoms with Crippen molar-refractivity contribution in [2.24, 2.45) is 9.98 Å². The highest BCUT2D eigenvalue weighted by Crippen LogP contribution is 2.36. The van der Waals surface area contributed by atoms with Crippen LogP contribution in [-0.4, -0.2) is 24.6 Å². The molecule has 0 atom stereocenters. The SMILES string of the molecule is Fc1ccc2c(c1)N1CCN=C1C(c1ccccc1)=N2. The molecule has 0 bridgehead atoms. The van der Waals surface area contributed by atoms with Crippen LogP contribution in [0.2, 0.25) is 0 Å². The van der Waals surface area contributed by atoms with Crippen molar-refractivity contribution in [2.75, 3.05) is 18.0 Å². The molecule has 3 nitrogen and oxygen atoms in total. The quantitative estimate of drug-likeness (QED) is 0.778. The van der Waals surface area contributed by atoms with E-state index < -0.39 is 0 Å². The molecule has 0 fully saturated rings. The van der Waals surface area contributed by atoms with Gasteiger partial charge in [-0.3, -0.25) is 4.99 Å². The second-order valence-electron chi connectivity index (χ2n) is 4.82. The van der Waals surface area contributed by atoms with Gasteiger partial charge in [-0.1, -0.05) is 30.3 Å². The van der Waals surface area contributed by atoms with E-state index in [1.54, 1.807) is 6.07 Å². The van der Waals surface area contributed by atoms with E-state index in [9.17, 15) is 4.39 Å². The van der Waals surface area contributed by atoms with E-state index in [0.717, 1.165) is 41.6 Å². The number of aliphatic imine (C=N–C) groups is 2.